The lowest BCUT2D eigenvalue weighted by atomic mass is 10.2. The molecule has 1 heterocycles. The number of likely N-dealkylation sites (N-methyl/N-ethyl adjacent to an activating group) is 1. The van der Waals surface area contributed by atoms with Crippen LogP contribution < -0.4 is 5.32 Å². The average molecular weight is 228 g/mol. The largest absolute Gasteiger partial charge is 0.378 e. The Bertz CT molecular complexity index is 256. The Kier molecular flexibility index (Phi) is 5.42. The summed E-state index contributed by atoms with van der Waals surface area (Å²) in [5.74, 6) is 0.113. The van der Waals surface area contributed by atoms with Crippen LogP contribution in [0.5, 0.6) is 0 Å². The van der Waals surface area contributed by atoms with Gasteiger partial charge in [0.25, 0.3) is 0 Å². The van der Waals surface area contributed by atoms with Crippen molar-refractivity contribution in [3.63, 3.8) is 0 Å². The van der Waals surface area contributed by atoms with Crippen molar-refractivity contribution >= 4 is 11.7 Å². The van der Waals surface area contributed by atoms with E-state index < -0.39 is 0 Å². The Morgan fingerprint density at radius 1 is 1.44 bits per heavy atom. The van der Waals surface area contributed by atoms with E-state index in [-0.39, 0.29) is 17.7 Å². The second-order valence-corrected chi connectivity index (χ2v) is 3.85. The number of Topliss-reactive ketones (excluding diaryl/α,β-unsaturated/α-hetero) is 1. The fourth-order valence-electron chi connectivity index (χ4n) is 1.70. The summed E-state index contributed by atoms with van der Waals surface area (Å²) in [6, 6.07) is -0.316. The second kappa shape index (κ2) is 6.60. The van der Waals surface area contributed by atoms with Crippen molar-refractivity contribution in [3.8, 4) is 0 Å². The molecule has 0 aliphatic carbocycles. The minimum atomic E-state index is -0.316. The number of carbonyl (C=O) groups is 2. The van der Waals surface area contributed by atoms with Crippen molar-refractivity contribution in [1.82, 2.24) is 10.2 Å². The van der Waals surface area contributed by atoms with Crippen molar-refractivity contribution in [3.05, 3.63) is 0 Å². The van der Waals surface area contributed by atoms with Gasteiger partial charge in [0.05, 0.1) is 19.8 Å². The van der Waals surface area contributed by atoms with Gasteiger partial charge in [0.1, 0.15) is 11.8 Å². The first-order chi connectivity index (χ1) is 7.69. The molecule has 16 heavy (non-hydrogen) atoms. The molecule has 1 aliphatic rings. The topological polar surface area (TPSA) is 58.6 Å². The van der Waals surface area contributed by atoms with E-state index in [0.717, 1.165) is 0 Å². The zero-order valence-corrected chi connectivity index (χ0v) is 9.99. The van der Waals surface area contributed by atoms with Gasteiger partial charge in [-0.3, -0.25) is 14.5 Å². The van der Waals surface area contributed by atoms with E-state index in [1.165, 1.54) is 0 Å². The summed E-state index contributed by atoms with van der Waals surface area (Å²) >= 11 is 0. The Morgan fingerprint density at radius 2 is 2.19 bits per heavy atom. The van der Waals surface area contributed by atoms with Crippen LogP contribution in [0.15, 0.2) is 0 Å². The number of morpholine rings is 1. The van der Waals surface area contributed by atoms with E-state index in [0.29, 0.717) is 39.3 Å². The molecule has 0 saturated carbocycles. The number of hydrogen-bond acceptors (Lipinski definition) is 4. The highest BCUT2D eigenvalue weighted by atomic mass is 16.5. The summed E-state index contributed by atoms with van der Waals surface area (Å²) in [6.07, 6.45) is 0.513. The first-order valence-electron chi connectivity index (χ1n) is 5.80. The maximum atomic E-state index is 11.7. The van der Waals surface area contributed by atoms with Gasteiger partial charge in [0, 0.05) is 19.5 Å². The Hall–Kier alpha value is -0.940. The Labute approximate surface area is 96.1 Å². The quantitative estimate of drug-likeness (QED) is 0.708. The average Bonchev–Trinajstić information content (AvgIpc) is 2.30. The molecule has 1 rings (SSSR count). The van der Waals surface area contributed by atoms with Crippen LogP contribution in [0.2, 0.25) is 0 Å². The van der Waals surface area contributed by atoms with Gasteiger partial charge in [0.15, 0.2) is 0 Å². The van der Waals surface area contributed by atoms with Crippen LogP contribution in [0.4, 0.5) is 0 Å². The number of amides is 1. The number of nitrogens with zero attached hydrogens (tertiary/aromatic N) is 1. The molecule has 0 aromatic rings. The molecule has 0 bridgehead atoms. The van der Waals surface area contributed by atoms with E-state index in [4.69, 9.17) is 4.74 Å². The molecule has 0 aromatic heterocycles. The Morgan fingerprint density at radius 3 is 2.81 bits per heavy atom. The molecule has 1 unspecified atom stereocenters. The summed E-state index contributed by atoms with van der Waals surface area (Å²) in [5, 5.41) is 2.76. The molecule has 0 spiro atoms. The normalized spacial score (nSPS) is 21.8. The number of carbonyl (C=O) groups excluding carboxylic acids is 2. The van der Waals surface area contributed by atoms with Crippen LogP contribution in [-0.4, -0.2) is 55.5 Å². The van der Waals surface area contributed by atoms with Crippen LogP contribution in [0, 0.1) is 0 Å². The van der Waals surface area contributed by atoms with Crippen LogP contribution >= 0.6 is 0 Å². The highest BCUT2D eigenvalue weighted by Crippen LogP contribution is 2.07. The molecule has 1 amide bonds. The molecule has 0 aromatic carbocycles. The predicted molar refractivity (Wildman–Crippen MR) is 60.2 cm³/mol. The third-order valence-corrected chi connectivity index (χ3v) is 2.67. The smallest absolute Gasteiger partial charge is 0.239 e. The number of ketones is 1. The zero-order valence-electron chi connectivity index (χ0n) is 9.99. The van der Waals surface area contributed by atoms with Gasteiger partial charge in [-0.1, -0.05) is 6.92 Å². The van der Waals surface area contributed by atoms with Gasteiger partial charge in [-0.05, 0) is 6.92 Å². The van der Waals surface area contributed by atoms with E-state index in [2.05, 4.69) is 5.32 Å². The fraction of sp³-hybridized carbons (Fsp3) is 0.818. The maximum Gasteiger partial charge on any atom is 0.239 e. The third kappa shape index (κ3) is 3.57. The first kappa shape index (κ1) is 13.1. The Balaban J connectivity index is 2.56. The molecule has 5 nitrogen and oxygen atoms in total. The van der Waals surface area contributed by atoms with Crippen molar-refractivity contribution < 1.29 is 14.3 Å². The fourth-order valence-corrected chi connectivity index (χ4v) is 1.70. The van der Waals surface area contributed by atoms with E-state index >= 15 is 0 Å². The molecule has 5 heteroatoms. The maximum absolute atomic E-state index is 11.7. The lowest BCUT2D eigenvalue weighted by molar-refractivity contribution is -0.134. The SMILES string of the molecule is CCNC(=O)C1COCCN1CC(=O)CC. The molecule has 1 N–H and O–H groups in total. The van der Waals surface area contributed by atoms with Crippen molar-refractivity contribution in [2.75, 3.05) is 32.8 Å². The van der Waals surface area contributed by atoms with Crippen LogP contribution in [0.3, 0.4) is 0 Å². The third-order valence-electron chi connectivity index (χ3n) is 2.67. The molecule has 1 atom stereocenters. The van der Waals surface area contributed by atoms with Crippen molar-refractivity contribution in [1.29, 1.82) is 0 Å². The lowest BCUT2D eigenvalue weighted by Gasteiger charge is -2.33. The van der Waals surface area contributed by atoms with Crippen LogP contribution in [-0.2, 0) is 14.3 Å². The van der Waals surface area contributed by atoms with Gasteiger partial charge in [-0.25, -0.2) is 0 Å². The molecule has 1 aliphatic heterocycles. The molecule has 0 radical (unpaired) electrons. The number of rotatable bonds is 5. The summed E-state index contributed by atoms with van der Waals surface area (Å²) in [6.45, 7) is 6.28. The second-order valence-electron chi connectivity index (χ2n) is 3.85. The summed E-state index contributed by atoms with van der Waals surface area (Å²) < 4.78 is 5.28. The lowest BCUT2D eigenvalue weighted by Crippen LogP contribution is -2.55. The molecular formula is C11H20N2O3. The number of hydrogen-bond donors (Lipinski definition) is 1. The van der Waals surface area contributed by atoms with Crippen molar-refractivity contribution in [2.45, 2.75) is 26.3 Å². The van der Waals surface area contributed by atoms with Gasteiger partial charge in [0.2, 0.25) is 5.91 Å². The van der Waals surface area contributed by atoms with E-state index in [9.17, 15) is 9.59 Å². The highest BCUT2D eigenvalue weighted by Gasteiger charge is 2.29. The van der Waals surface area contributed by atoms with Gasteiger partial charge >= 0.3 is 0 Å². The highest BCUT2D eigenvalue weighted by molar-refractivity contribution is 5.84. The molecule has 1 saturated heterocycles. The molecule has 92 valence electrons. The molecule has 1 fully saturated rings. The summed E-state index contributed by atoms with van der Waals surface area (Å²) in [4.78, 5) is 25.0. The van der Waals surface area contributed by atoms with Crippen molar-refractivity contribution in [2.24, 2.45) is 0 Å². The van der Waals surface area contributed by atoms with E-state index in [1.54, 1.807) is 0 Å². The monoisotopic (exact) mass is 228 g/mol. The van der Waals surface area contributed by atoms with Crippen LogP contribution in [0.25, 0.3) is 0 Å². The summed E-state index contributed by atoms with van der Waals surface area (Å²) in [5.41, 5.74) is 0. The van der Waals surface area contributed by atoms with Crippen LogP contribution in [0.1, 0.15) is 20.3 Å². The first-order valence-corrected chi connectivity index (χ1v) is 5.80. The van der Waals surface area contributed by atoms with Gasteiger partial charge in [-0.2, -0.15) is 0 Å². The molecular weight excluding hydrogens is 208 g/mol. The standard InChI is InChI=1S/C11H20N2O3/c1-3-9(14)7-13-5-6-16-8-10(13)11(15)12-4-2/h10H,3-8H2,1-2H3,(H,12,15). The van der Waals surface area contributed by atoms with E-state index in [1.807, 2.05) is 18.7 Å². The number of nitrogens with one attached hydrogen (secondary N) is 1. The predicted octanol–water partition coefficient (Wildman–Crippen LogP) is -0.198. The minimum absolute atomic E-state index is 0.0499. The van der Waals surface area contributed by atoms with Gasteiger partial charge in [-0.15, -0.1) is 0 Å². The minimum Gasteiger partial charge on any atom is -0.378 e. The van der Waals surface area contributed by atoms with Gasteiger partial charge < -0.3 is 10.1 Å². The number of ether oxygens (including phenoxy) is 1. The zero-order chi connectivity index (χ0) is 12.0. The summed E-state index contributed by atoms with van der Waals surface area (Å²) in [7, 11) is 0.